The summed E-state index contributed by atoms with van der Waals surface area (Å²) in [6.07, 6.45) is -2.54. The van der Waals surface area contributed by atoms with E-state index >= 15 is 0 Å². The monoisotopic (exact) mass is 306 g/mol. The van der Waals surface area contributed by atoms with E-state index in [-0.39, 0.29) is 11.7 Å². The van der Waals surface area contributed by atoms with Crippen LogP contribution in [-0.4, -0.2) is 15.0 Å². The van der Waals surface area contributed by atoms with Gasteiger partial charge in [-0.25, -0.2) is 4.98 Å². The molecule has 0 saturated heterocycles. The smallest absolute Gasteiger partial charge is 0.423 e. The number of aromatic nitrogens is 3. The molecule has 3 aromatic rings. The van der Waals surface area contributed by atoms with Gasteiger partial charge in [0.2, 0.25) is 11.8 Å². The topological polar surface area (TPSA) is 73.9 Å². The lowest BCUT2D eigenvalue weighted by Crippen LogP contribution is -2.11. The number of alkyl halides is 3. The van der Waals surface area contributed by atoms with Crippen LogP contribution in [0.4, 0.5) is 19.1 Å². The molecule has 5 nitrogen and oxygen atoms in total. The zero-order valence-corrected chi connectivity index (χ0v) is 11.0. The van der Waals surface area contributed by atoms with E-state index in [9.17, 15) is 13.2 Å². The number of anilines is 1. The molecule has 112 valence electrons. The first-order valence-electron chi connectivity index (χ1n) is 6.16. The molecule has 0 aliphatic rings. The fourth-order valence-corrected chi connectivity index (χ4v) is 1.91. The maximum Gasteiger partial charge on any atom is 0.423 e. The number of nitrogen functional groups attached to an aromatic ring is 1. The minimum Gasteiger partial charge on any atom is -0.436 e. The maximum absolute atomic E-state index is 13.0. The molecule has 2 aromatic heterocycles. The Bertz CT molecular complexity index is 830. The zero-order valence-electron chi connectivity index (χ0n) is 11.0. The van der Waals surface area contributed by atoms with Gasteiger partial charge >= 0.3 is 6.18 Å². The normalized spacial score (nSPS) is 11.6. The predicted octanol–water partition coefficient (Wildman–Crippen LogP) is 3.42. The van der Waals surface area contributed by atoms with Crippen LogP contribution in [0, 0.1) is 0 Å². The third-order valence-electron chi connectivity index (χ3n) is 2.88. The van der Waals surface area contributed by atoms with Gasteiger partial charge in [0.25, 0.3) is 0 Å². The van der Waals surface area contributed by atoms with Crippen molar-refractivity contribution in [3.8, 4) is 11.6 Å². The molecule has 0 atom stereocenters. The average molecular weight is 306 g/mol. The van der Waals surface area contributed by atoms with Crippen molar-refractivity contribution in [2.45, 2.75) is 6.18 Å². The summed E-state index contributed by atoms with van der Waals surface area (Å²) in [5, 5.41) is 0.732. The van der Waals surface area contributed by atoms with Crippen LogP contribution in [-0.2, 0) is 6.18 Å². The largest absolute Gasteiger partial charge is 0.436 e. The quantitative estimate of drug-likeness (QED) is 0.785. The lowest BCUT2D eigenvalue weighted by atomic mass is 10.2. The molecule has 2 N–H and O–H groups in total. The number of fused-ring (bicyclic) bond motifs is 1. The summed E-state index contributed by atoms with van der Waals surface area (Å²) in [7, 11) is 0. The second kappa shape index (κ2) is 5.14. The van der Waals surface area contributed by atoms with Gasteiger partial charge in [-0.2, -0.15) is 18.2 Å². The molecule has 0 fully saturated rings. The molecule has 2 heterocycles. The Labute approximate surface area is 122 Å². The molecule has 3 rings (SSSR count). The van der Waals surface area contributed by atoms with Crippen molar-refractivity contribution in [2.75, 3.05) is 5.73 Å². The highest BCUT2D eigenvalue weighted by Gasteiger charge is 2.36. The SMILES string of the molecule is Nc1ncc(C(F)(F)F)c(Oc2cccc3cccnc23)n1. The third kappa shape index (κ3) is 2.62. The zero-order chi connectivity index (χ0) is 15.7. The van der Waals surface area contributed by atoms with Crippen LogP contribution >= 0.6 is 0 Å². The summed E-state index contributed by atoms with van der Waals surface area (Å²) >= 11 is 0. The molecular formula is C14H9F3N4O. The first-order chi connectivity index (χ1) is 10.4. The van der Waals surface area contributed by atoms with Crippen LogP contribution in [0.3, 0.4) is 0 Å². The number of para-hydroxylation sites is 1. The van der Waals surface area contributed by atoms with Gasteiger partial charge in [-0.05, 0) is 12.1 Å². The van der Waals surface area contributed by atoms with E-state index in [4.69, 9.17) is 10.5 Å². The van der Waals surface area contributed by atoms with Gasteiger partial charge in [0, 0.05) is 17.8 Å². The molecule has 1 aromatic carbocycles. The number of hydrogen-bond donors (Lipinski definition) is 1. The molecule has 8 heteroatoms. The Morgan fingerprint density at radius 1 is 1.05 bits per heavy atom. The standard InChI is InChI=1S/C14H9F3N4O/c15-14(16,17)9-7-20-13(18)21-12(9)22-10-5-1-3-8-4-2-6-19-11(8)10/h1-7H,(H2,18,20,21). The summed E-state index contributed by atoms with van der Waals surface area (Å²) < 4.78 is 44.3. The number of rotatable bonds is 2. The van der Waals surface area contributed by atoms with Gasteiger partial charge in [0.15, 0.2) is 5.75 Å². The van der Waals surface area contributed by atoms with E-state index in [0.29, 0.717) is 11.7 Å². The second-order valence-electron chi connectivity index (χ2n) is 4.38. The fourth-order valence-electron chi connectivity index (χ4n) is 1.91. The minimum absolute atomic E-state index is 0.154. The van der Waals surface area contributed by atoms with Gasteiger partial charge in [0.05, 0.1) is 0 Å². The van der Waals surface area contributed by atoms with Crippen LogP contribution in [0.1, 0.15) is 5.56 Å². The van der Waals surface area contributed by atoms with Crippen LogP contribution in [0.15, 0.2) is 42.7 Å². The van der Waals surface area contributed by atoms with Crippen molar-refractivity contribution in [2.24, 2.45) is 0 Å². The molecule has 0 saturated carbocycles. The lowest BCUT2D eigenvalue weighted by Gasteiger charge is -2.13. The Morgan fingerprint density at radius 2 is 1.82 bits per heavy atom. The number of nitrogens with two attached hydrogens (primary N) is 1. The summed E-state index contributed by atoms with van der Waals surface area (Å²) in [6, 6.07) is 8.42. The molecule has 0 radical (unpaired) electrons. The van der Waals surface area contributed by atoms with E-state index in [1.54, 1.807) is 24.3 Å². The molecular weight excluding hydrogens is 297 g/mol. The number of benzene rings is 1. The maximum atomic E-state index is 13.0. The third-order valence-corrected chi connectivity index (χ3v) is 2.88. The summed E-state index contributed by atoms with van der Waals surface area (Å²) in [6.45, 7) is 0. The van der Waals surface area contributed by atoms with Crippen molar-refractivity contribution < 1.29 is 17.9 Å². The number of ether oxygens (including phenoxy) is 1. The Balaban J connectivity index is 2.11. The van der Waals surface area contributed by atoms with E-state index in [1.165, 1.54) is 12.3 Å². The molecule has 0 aliphatic carbocycles. The highest BCUT2D eigenvalue weighted by atomic mass is 19.4. The molecule has 0 amide bonds. The fraction of sp³-hybridized carbons (Fsp3) is 0.0714. The molecule has 0 unspecified atom stereocenters. The first kappa shape index (κ1) is 14.1. The molecule has 0 bridgehead atoms. The van der Waals surface area contributed by atoms with Gasteiger partial charge < -0.3 is 10.5 Å². The van der Waals surface area contributed by atoms with Crippen LogP contribution in [0.2, 0.25) is 0 Å². The van der Waals surface area contributed by atoms with E-state index in [2.05, 4.69) is 15.0 Å². The van der Waals surface area contributed by atoms with Gasteiger partial charge in [-0.3, -0.25) is 4.98 Å². The summed E-state index contributed by atoms with van der Waals surface area (Å²) in [4.78, 5) is 11.0. The number of halogens is 3. The van der Waals surface area contributed by atoms with Gasteiger partial charge in [-0.1, -0.05) is 18.2 Å². The van der Waals surface area contributed by atoms with E-state index < -0.39 is 17.6 Å². The summed E-state index contributed by atoms with van der Waals surface area (Å²) in [5.74, 6) is -0.809. The van der Waals surface area contributed by atoms with Crippen molar-refractivity contribution >= 4 is 16.9 Å². The number of pyridine rings is 1. The Hall–Kier alpha value is -2.90. The minimum atomic E-state index is -4.65. The molecule has 0 spiro atoms. The van der Waals surface area contributed by atoms with Crippen LogP contribution in [0.25, 0.3) is 10.9 Å². The highest BCUT2D eigenvalue weighted by molar-refractivity contribution is 5.84. The van der Waals surface area contributed by atoms with Crippen LogP contribution < -0.4 is 10.5 Å². The Kier molecular flexibility index (Phi) is 3.28. The second-order valence-corrected chi connectivity index (χ2v) is 4.38. The van der Waals surface area contributed by atoms with E-state index in [0.717, 1.165) is 5.39 Å². The van der Waals surface area contributed by atoms with Crippen molar-refractivity contribution in [3.05, 3.63) is 48.3 Å². The first-order valence-corrected chi connectivity index (χ1v) is 6.16. The van der Waals surface area contributed by atoms with Gasteiger partial charge in [-0.15, -0.1) is 0 Å². The van der Waals surface area contributed by atoms with Crippen LogP contribution in [0.5, 0.6) is 11.6 Å². The Morgan fingerprint density at radius 3 is 2.59 bits per heavy atom. The van der Waals surface area contributed by atoms with Crippen molar-refractivity contribution in [1.29, 1.82) is 0 Å². The van der Waals surface area contributed by atoms with Gasteiger partial charge in [0.1, 0.15) is 11.1 Å². The summed E-state index contributed by atoms with van der Waals surface area (Å²) in [5.41, 5.74) is 4.68. The lowest BCUT2D eigenvalue weighted by molar-refractivity contribution is -0.139. The average Bonchev–Trinajstić information content (AvgIpc) is 2.46. The molecule has 0 aliphatic heterocycles. The van der Waals surface area contributed by atoms with E-state index in [1.807, 2.05) is 0 Å². The van der Waals surface area contributed by atoms with Crippen molar-refractivity contribution in [3.63, 3.8) is 0 Å². The number of nitrogens with zero attached hydrogens (tertiary/aromatic N) is 3. The number of hydrogen-bond acceptors (Lipinski definition) is 5. The molecule has 22 heavy (non-hydrogen) atoms. The van der Waals surface area contributed by atoms with Crippen molar-refractivity contribution in [1.82, 2.24) is 15.0 Å². The highest BCUT2D eigenvalue weighted by Crippen LogP contribution is 2.37. The predicted molar refractivity (Wildman–Crippen MR) is 73.3 cm³/mol.